The summed E-state index contributed by atoms with van der Waals surface area (Å²) in [5.74, 6) is 0.707. The summed E-state index contributed by atoms with van der Waals surface area (Å²) >= 11 is 0. The summed E-state index contributed by atoms with van der Waals surface area (Å²) in [6, 6.07) is 4.71. The van der Waals surface area contributed by atoms with Gasteiger partial charge in [0.1, 0.15) is 0 Å². The van der Waals surface area contributed by atoms with Gasteiger partial charge in [0.05, 0.1) is 0 Å². The molecule has 0 aliphatic rings. The Labute approximate surface area is 105 Å². The molecular formula is C14H25N3. The van der Waals surface area contributed by atoms with Gasteiger partial charge in [-0.25, -0.2) is 0 Å². The fraction of sp³-hybridized carbons (Fsp3) is 0.643. The van der Waals surface area contributed by atoms with Gasteiger partial charge in [0.25, 0.3) is 0 Å². The minimum absolute atomic E-state index is 0.634. The van der Waals surface area contributed by atoms with Crippen LogP contribution in [0.2, 0.25) is 0 Å². The fourth-order valence-corrected chi connectivity index (χ4v) is 1.70. The van der Waals surface area contributed by atoms with Gasteiger partial charge in [-0.3, -0.25) is 4.98 Å². The van der Waals surface area contributed by atoms with Crippen LogP contribution in [0.1, 0.15) is 26.3 Å². The molecule has 3 nitrogen and oxygen atoms in total. The van der Waals surface area contributed by atoms with E-state index in [1.807, 2.05) is 18.5 Å². The van der Waals surface area contributed by atoms with Crippen LogP contribution in [0.4, 0.5) is 0 Å². The Kier molecular flexibility index (Phi) is 6.16. The maximum Gasteiger partial charge on any atom is 0.0312 e. The Morgan fingerprint density at radius 1 is 1.35 bits per heavy atom. The quantitative estimate of drug-likeness (QED) is 0.734. The Morgan fingerprint density at radius 3 is 2.71 bits per heavy atom. The van der Waals surface area contributed by atoms with Crippen LogP contribution in [0.3, 0.4) is 0 Å². The number of nitrogens with zero attached hydrogens (tertiary/aromatic N) is 2. The first-order valence-electron chi connectivity index (χ1n) is 6.41. The molecule has 0 saturated carbocycles. The minimum atomic E-state index is 0.634. The Hall–Kier alpha value is -0.930. The molecule has 0 spiro atoms. The van der Waals surface area contributed by atoms with Crippen LogP contribution in [-0.2, 0) is 6.54 Å². The molecule has 96 valence electrons. The summed E-state index contributed by atoms with van der Waals surface area (Å²) < 4.78 is 0. The Balaban J connectivity index is 2.16. The molecule has 0 aliphatic carbocycles. The molecule has 1 heterocycles. The highest BCUT2D eigenvalue weighted by molar-refractivity contribution is 5.07. The maximum absolute atomic E-state index is 4.10. The number of hydrogen-bond acceptors (Lipinski definition) is 3. The molecule has 0 aromatic carbocycles. The number of pyridine rings is 1. The maximum atomic E-state index is 4.10. The van der Waals surface area contributed by atoms with Crippen molar-refractivity contribution in [2.45, 2.75) is 33.4 Å². The van der Waals surface area contributed by atoms with Gasteiger partial charge in [-0.15, -0.1) is 0 Å². The first-order chi connectivity index (χ1) is 8.11. The van der Waals surface area contributed by atoms with Crippen LogP contribution in [0.5, 0.6) is 0 Å². The number of aromatic nitrogens is 1. The van der Waals surface area contributed by atoms with E-state index in [0.717, 1.165) is 19.6 Å². The average molecular weight is 235 g/mol. The van der Waals surface area contributed by atoms with E-state index in [-0.39, 0.29) is 0 Å². The number of likely N-dealkylation sites (N-methyl/N-ethyl adjacent to an activating group) is 1. The number of hydrogen-bond donors (Lipinski definition) is 1. The molecule has 0 radical (unpaired) electrons. The van der Waals surface area contributed by atoms with Crippen molar-refractivity contribution in [2.75, 3.05) is 20.1 Å². The lowest BCUT2D eigenvalue weighted by molar-refractivity contribution is 0.208. The first kappa shape index (κ1) is 14.1. The van der Waals surface area contributed by atoms with Gasteiger partial charge in [-0.1, -0.05) is 19.9 Å². The predicted octanol–water partition coefficient (Wildman–Crippen LogP) is 2.15. The topological polar surface area (TPSA) is 28.2 Å². The molecule has 0 saturated heterocycles. The molecule has 1 atom stereocenters. The molecule has 1 unspecified atom stereocenters. The second-order valence-corrected chi connectivity index (χ2v) is 5.00. The van der Waals surface area contributed by atoms with E-state index < -0.39 is 0 Å². The molecule has 3 heteroatoms. The van der Waals surface area contributed by atoms with Crippen LogP contribution in [0, 0.1) is 5.92 Å². The molecule has 0 fully saturated rings. The van der Waals surface area contributed by atoms with Crippen molar-refractivity contribution in [3.63, 3.8) is 0 Å². The Bertz CT molecular complexity index is 298. The van der Waals surface area contributed by atoms with Crippen molar-refractivity contribution >= 4 is 0 Å². The van der Waals surface area contributed by atoms with Gasteiger partial charge in [0.15, 0.2) is 0 Å². The van der Waals surface area contributed by atoms with Gasteiger partial charge >= 0.3 is 0 Å². The van der Waals surface area contributed by atoms with Gasteiger partial charge in [0, 0.05) is 38.1 Å². The normalized spacial score (nSPS) is 13.3. The van der Waals surface area contributed by atoms with Crippen LogP contribution in [0.25, 0.3) is 0 Å². The van der Waals surface area contributed by atoms with Crippen LogP contribution >= 0.6 is 0 Å². The van der Waals surface area contributed by atoms with Crippen molar-refractivity contribution in [1.29, 1.82) is 0 Å². The largest absolute Gasteiger partial charge is 0.311 e. The SMILES string of the molecule is CC(C)C(C)N(C)CCNCc1cccnc1. The molecule has 17 heavy (non-hydrogen) atoms. The highest BCUT2D eigenvalue weighted by Gasteiger charge is 2.11. The van der Waals surface area contributed by atoms with E-state index >= 15 is 0 Å². The molecule has 0 bridgehead atoms. The van der Waals surface area contributed by atoms with Gasteiger partial charge in [-0.2, -0.15) is 0 Å². The monoisotopic (exact) mass is 235 g/mol. The lowest BCUT2D eigenvalue weighted by Gasteiger charge is -2.27. The van der Waals surface area contributed by atoms with E-state index in [4.69, 9.17) is 0 Å². The standard InChI is InChI=1S/C14H25N3/c1-12(2)13(3)17(4)9-8-16-11-14-6-5-7-15-10-14/h5-7,10,12-13,16H,8-9,11H2,1-4H3. The lowest BCUT2D eigenvalue weighted by Crippen LogP contribution is -2.37. The molecular weight excluding hydrogens is 210 g/mol. The zero-order valence-corrected chi connectivity index (χ0v) is 11.5. The number of rotatable bonds is 7. The summed E-state index contributed by atoms with van der Waals surface area (Å²) in [7, 11) is 2.19. The molecule has 0 amide bonds. The molecule has 1 aromatic heterocycles. The van der Waals surface area contributed by atoms with Crippen molar-refractivity contribution in [3.8, 4) is 0 Å². The van der Waals surface area contributed by atoms with E-state index in [2.05, 4.69) is 49.1 Å². The molecule has 1 rings (SSSR count). The van der Waals surface area contributed by atoms with Crippen molar-refractivity contribution in [2.24, 2.45) is 5.92 Å². The summed E-state index contributed by atoms with van der Waals surface area (Å²) in [5.41, 5.74) is 1.24. The van der Waals surface area contributed by atoms with Crippen LogP contribution in [0.15, 0.2) is 24.5 Å². The van der Waals surface area contributed by atoms with Gasteiger partial charge in [0.2, 0.25) is 0 Å². The zero-order chi connectivity index (χ0) is 12.7. The van der Waals surface area contributed by atoms with Crippen molar-refractivity contribution < 1.29 is 0 Å². The highest BCUT2D eigenvalue weighted by atomic mass is 15.1. The first-order valence-corrected chi connectivity index (χ1v) is 6.41. The fourth-order valence-electron chi connectivity index (χ4n) is 1.70. The van der Waals surface area contributed by atoms with E-state index in [1.54, 1.807) is 0 Å². The van der Waals surface area contributed by atoms with Crippen LogP contribution in [-0.4, -0.2) is 36.1 Å². The summed E-state index contributed by atoms with van der Waals surface area (Å²) in [6.45, 7) is 9.82. The predicted molar refractivity (Wildman–Crippen MR) is 72.9 cm³/mol. The summed E-state index contributed by atoms with van der Waals surface area (Å²) in [4.78, 5) is 6.50. The lowest BCUT2D eigenvalue weighted by atomic mass is 10.1. The molecule has 0 aliphatic heterocycles. The Morgan fingerprint density at radius 2 is 2.12 bits per heavy atom. The van der Waals surface area contributed by atoms with Crippen molar-refractivity contribution in [1.82, 2.24) is 15.2 Å². The van der Waals surface area contributed by atoms with Gasteiger partial charge in [-0.05, 0) is 31.5 Å². The zero-order valence-electron chi connectivity index (χ0n) is 11.5. The minimum Gasteiger partial charge on any atom is -0.311 e. The smallest absolute Gasteiger partial charge is 0.0312 e. The van der Waals surface area contributed by atoms with Gasteiger partial charge < -0.3 is 10.2 Å². The van der Waals surface area contributed by atoms with E-state index in [9.17, 15) is 0 Å². The van der Waals surface area contributed by atoms with E-state index in [1.165, 1.54) is 5.56 Å². The highest BCUT2D eigenvalue weighted by Crippen LogP contribution is 2.06. The third kappa shape index (κ3) is 5.29. The third-order valence-electron chi connectivity index (χ3n) is 3.35. The second kappa shape index (κ2) is 7.41. The second-order valence-electron chi connectivity index (χ2n) is 5.00. The molecule has 1 N–H and O–H groups in total. The average Bonchev–Trinajstić information content (AvgIpc) is 2.34. The summed E-state index contributed by atoms with van der Waals surface area (Å²) in [5, 5.41) is 3.44. The van der Waals surface area contributed by atoms with E-state index in [0.29, 0.717) is 12.0 Å². The third-order valence-corrected chi connectivity index (χ3v) is 3.35. The van der Waals surface area contributed by atoms with Crippen molar-refractivity contribution in [3.05, 3.63) is 30.1 Å². The van der Waals surface area contributed by atoms with Crippen LogP contribution < -0.4 is 5.32 Å². The summed E-state index contributed by atoms with van der Waals surface area (Å²) in [6.07, 6.45) is 3.72. The molecule has 1 aromatic rings. The number of nitrogens with one attached hydrogen (secondary N) is 1.